The highest BCUT2D eigenvalue weighted by Gasteiger charge is 2.12. The zero-order valence-corrected chi connectivity index (χ0v) is 16.8. The minimum Gasteiger partial charge on any atom is -0.300 e. The summed E-state index contributed by atoms with van der Waals surface area (Å²) in [4.78, 5) is 21.7. The maximum Gasteiger partial charge on any atom is 0.236 e. The van der Waals surface area contributed by atoms with Gasteiger partial charge in [0.05, 0.1) is 11.3 Å². The molecule has 1 N–H and O–H groups in total. The van der Waals surface area contributed by atoms with E-state index in [4.69, 9.17) is 4.98 Å². The lowest BCUT2D eigenvalue weighted by Gasteiger charge is -2.08. The zero-order chi connectivity index (χ0) is 19.3. The number of para-hydroxylation sites is 1. The summed E-state index contributed by atoms with van der Waals surface area (Å²) in [6, 6.07) is 18.0. The maximum atomic E-state index is 12.3. The van der Waals surface area contributed by atoms with Gasteiger partial charge in [0.2, 0.25) is 11.0 Å². The molecule has 0 atom stereocenters. The molecule has 0 spiro atoms. The number of rotatable bonds is 6. The van der Waals surface area contributed by atoms with Gasteiger partial charge in [-0.05, 0) is 18.6 Å². The molecule has 0 aliphatic carbocycles. The zero-order valence-electron chi connectivity index (χ0n) is 15.1. The first-order chi connectivity index (χ1) is 13.7. The molecule has 4 rings (SSSR count). The number of anilines is 1. The van der Waals surface area contributed by atoms with Crippen molar-refractivity contribution in [3.05, 3.63) is 71.0 Å². The van der Waals surface area contributed by atoms with Crippen LogP contribution in [0.1, 0.15) is 16.4 Å². The van der Waals surface area contributed by atoms with E-state index in [1.807, 2.05) is 49.4 Å². The molecular formula is C20H17N5OS2. The third-order valence-corrected chi connectivity index (χ3v) is 5.68. The second kappa shape index (κ2) is 8.45. The number of carbonyl (C=O) groups excluding carboxylic acids is 1. The van der Waals surface area contributed by atoms with E-state index in [2.05, 4.69) is 32.6 Å². The van der Waals surface area contributed by atoms with E-state index >= 15 is 0 Å². The van der Waals surface area contributed by atoms with Gasteiger partial charge in [0, 0.05) is 11.8 Å². The molecule has 0 aliphatic rings. The number of carbonyl (C=O) groups is 1. The number of nitrogens with one attached hydrogen (secondary N) is 1. The van der Waals surface area contributed by atoms with Crippen LogP contribution in [0.3, 0.4) is 0 Å². The Morgan fingerprint density at radius 3 is 2.61 bits per heavy atom. The molecule has 8 heteroatoms. The molecule has 1 amide bonds. The predicted octanol–water partition coefficient (Wildman–Crippen LogP) is 4.11. The van der Waals surface area contributed by atoms with E-state index in [1.54, 1.807) is 0 Å². The Morgan fingerprint density at radius 1 is 1.04 bits per heavy atom. The summed E-state index contributed by atoms with van der Waals surface area (Å²) < 4.78 is 0. The number of fused-ring (bicyclic) bond motifs is 1. The van der Waals surface area contributed by atoms with Gasteiger partial charge in [-0.3, -0.25) is 10.1 Å². The largest absolute Gasteiger partial charge is 0.300 e. The molecule has 0 bridgehead atoms. The monoisotopic (exact) mass is 407 g/mol. The van der Waals surface area contributed by atoms with Crippen molar-refractivity contribution >= 4 is 45.0 Å². The Kier molecular flexibility index (Phi) is 5.59. The van der Waals surface area contributed by atoms with Gasteiger partial charge in [0.25, 0.3) is 0 Å². The Labute approximate surface area is 170 Å². The van der Waals surface area contributed by atoms with Crippen LogP contribution in [0.5, 0.6) is 0 Å². The lowest BCUT2D eigenvalue weighted by atomic mass is 10.1. The maximum absolute atomic E-state index is 12.3. The standard InChI is InChI=1S/C20H17N5OS2/c1-13-24-25-20(28-13)23-18(26)12-27-19-15-9-5-6-10-16(15)21-17(22-19)11-14-7-3-2-4-8-14/h2-10H,11-12H2,1H3,(H,23,25,26). The van der Waals surface area contributed by atoms with Crippen LogP contribution in [0.4, 0.5) is 5.13 Å². The molecular weight excluding hydrogens is 390 g/mol. The molecule has 2 aromatic carbocycles. The van der Waals surface area contributed by atoms with E-state index in [0.29, 0.717) is 11.6 Å². The van der Waals surface area contributed by atoms with E-state index < -0.39 is 0 Å². The number of aryl methyl sites for hydroxylation is 1. The van der Waals surface area contributed by atoms with Crippen LogP contribution in [0.2, 0.25) is 0 Å². The quantitative estimate of drug-likeness (QED) is 0.383. The molecule has 0 radical (unpaired) electrons. The minimum absolute atomic E-state index is 0.131. The van der Waals surface area contributed by atoms with Gasteiger partial charge in [0.1, 0.15) is 15.9 Å². The van der Waals surface area contributed by atoms with Crippen molar-refractivity contribution in [1.82, 2.24) is 20.2 Å². The Morgan fingerprint density at radius 2 is 1.82 bits per heavy atom. The molecule has 28 heavy (non-hydrogen) atoms. The van der Waals surface area contributed by atoms with Crippen LogP contribution >= 0.6 is 23.1 Å². The van der Waals surface area contributed by atoms with E-state index in [9.17, 15) is 4.79 Å². The second-order valence-corrected chi connectivity index (χ2v) is 8.23. The van der Waals surface area contributed by atoms with Gasteiger partial charge in [-0.15, -0.1) is 10.2 Å². The molecule has 6 nitrogen and oxygen atoms in total. The highest BCUT2D eigenvalue weighted by molar-refractivity contribution is 8.00. The number of hydrogen-bond acceptors (Lipinski definition) is 7. The first-order valence-corrected chi connectivity index (χ1v) is 10.5. The van der Waals surface area contributed by atoms with Crippen molar-refractivity contribution in [2.24, 2.45) is 0 Å². The van der Waals surface area contributed by atoms with Crippen LogP contribution in [0.25, 0.3) is 10.9 Å². The van der Waals surface area contributed by atoms with Crippen LogP contribution < -0.4 is 5.32 Å². The van der Waals surface area contributed by atoms with E-state index in [-0.39, 0.29) is 11.7 Å². The third kappa shape index (κ3) is 4.52. The fraction of sp³-hybridized carbons (Fsp3) is 0.150. The van der Waals surface area contributed by atoms with E-state index in [0.717, 1.165) is 32.3 Å². The van der Waals surface area contributed by atoms with Gasteiger partial charge < -0.3 is 0 Å². The Bertz CT molecular complexity index is 1110. The number of amides is 1. The molecule has 0 aliphatic heterocycles. The van der Waals surface area contributed by atoms with Gasteiger partial charge in [0.15, 0.2) is 0 Å². The first kappa shape index (κ1) is 18.5. The highest BCUT2D eigenvalue weighted by Crippen LogP contribution is 2.26. The third-order valence-electron chi connectivity index (χ3n) is 3.93. The van der Waals surface area contributed by atoms with Crippen molar-refractivity contribution in [3.63, 3.8) is 0 Å². The van der Waals surface area contributed by atoms with Crippen LogP contribution in [-0.4, -0.2) is 31.8 Å². The summed E-state index contributed by atoms with van der Waals surface area (Å²) in [5, 5.41) is 13.7. The fourth-order valence-electron chi connectivity index (χ4n) is 2.70. The van der Waals surface area contributed by atoms with Crippen LogP contribution in [-0.2, 0) is 11.2 Å². The lowest BCUT2D eigenvalue weighted by molar-refractivity contribution is -0.113. The van der Waals surface area contributed by atoms with Crippen molar-refractivity contribution in [2.75, 3.05) is 11.1 Å². The molecule has 4 aromatic rings. The highest BCUT2D eigenvalue weighted by atomic mass is 32.2. The number of thioether (sulfide) groups is 1. The topological polar surface area (TPSA) is 80.7 Å². The first-order valence-electron chi connectivity index (χ1n) is 8.70. The molecule has 0 saturated heterocycles. The smallest absolute Gasteiger partial charge is 0.236 e. The molecule has 140 valence electrons. The summed E-state index contributed by atoms with van der Waals surface area (Å²) >= 11 is 2.76. The summed E-state index contributed by atoms with van der Waals surface area (Å²) in [5.41, 5.74) is 2.03. The number of hydrogen-bond donors (Lipinski definition) is 1. The van der Waals surface area contributed by atoms with Gasteiger partial charge in [-0.2, -0.15) is 0 Å². The lowest BCUT2D eigenvalue weighted by Crippen LogP contribution is -2.14. The molecule has 0 fully saturated rings. The van der Waals surface area contributed by atoms with E-state index in [1.165, 1.54) is 23.1 Å². The molecule has 0 saturated carbocycles. The van der Waals surface area contributed by atoms with Crippen LogP contribution in [0.15, 0.2) is 59.6 Å². The summed E-state index contributed by atoms with van der Waals surface area (Å²) in [5.74, 6) is 0.853. The molecule has 0 unspecified atom stereocenters. The Balaban J connectivity index is 1.54. The normalized spacial score (nSPS) is 10.9. The average molecular weight is 408 g/mol. The summed E-state index contributed by atoms with van der Waals surface area (Å²) in [7, 11) is 0. The Hall–Kier alpha value is -2.84. The van der Waals surface area contributed by atoms with Crippen molar-refractivity contribution in [2.45, 2.75) is 18.4 Å². The van der Waals surface area contributed by atoms with Crippen molar-refractivity contribution < 1.29 is 4.79 Å². The molecule has 2 heterocycles. The van der Waals surface area contributed by atoms with Gasteiger partial charge in [-0.1, -0.05) is 71.6 Å². The second-order valence-electron chi connectivity index (χ2n) is 6.09. The summed E-state index contributed by atoms with van der Waals surface area (Å²) in [6.45, 7) is 1.85. The van der Waals surface area contributed by atoms with Crippen molar-refractivity contribution in [3.8, 4) is 0 Å². The fourth-order valence-corrected chi connectivity index (χ4v) is 4.14. The van der Waals surface area contributed by atoms with Gasteiger partial charge in [-0.25, -0.2) is 9.97 Å². The number of nitrogens with zero attached hydrogens (tertiary/aromatic N) is 4. The predicted molar refractivity (Wildman–Crippen MR) is 113 cm³/mol. The molecule has 2 aromatic heterocycles. The minimum atomic E-state index is -0.131. The van der Waals surface area contributed by atoms with Crippen LogP contribution in [0, 0.1) is 6.92 Å². The van der Waals surface area contributed by atoms with Gasteiger partial charge >= 0.3 is 0 Å². The number of benzene rings is 2. The average Bonchev–Trinajstić information content (AvgIpc) is 3.11. The number of aromatic nitrogens is 4. The SMILES string of the molecule is Cc1nnc(NC(=O)CSc2nc(Cc3ccccc3)nc3ccccc23)s1. The van der Waals surface area contributed by atoms with Crippen molar-refractivity contribution in [1.29, 1.82) is 0 Å². The summed E-state index contributed by atoms with van der Waals surface area (Å²) in [6.07, 6.45) is 0.648.